The summed E-state index contributed by atoms with van der Waals surface area (Å²) in [5.74, 6) is 0.321. The predicted octanol–water partition coefficient (Wildman–Crippen LogP) is 3.41. The highest BCUT2D eigenvalue weighted by Crippen LogP contribution is 2.18. The van der Waals surface area contributed by atoms with Crippen LogP contribution >= 0.6 is 0 Å². The van der Waals surface area contributed by atoms with Crippen molar-refractivity contribution < 1.29 is 14.3 Å². The highest BCUT2D eigenvalue weighted by atomic mass is 16.5. The Kier molecular flexibility index (Phi) is 7.07. The maximum atomic E-state index is 12.5. The van der Waals surface area contributed by atoms with Crippen molar-refractivity contribution in [1.29, 1.82) is 0 Å². The van der Waals surface area contributed by atoms with Crippen molar-refractivity contribution in [2.45, 2.75) is 64.4 Å². The first-order valence-corrected chi connectivity index (χ1v) is 10.4. The van der Waals surface area contributed by atoms with Gasteiger partial charge in [-0.05, 0) is 44.7 Å². The van der Waals surface area contributed by atoms with Gasteiger partial charge in [0.1, 0.15) is 5.82 Å². The molecule has 2 fully saturated rings. The lowest BCUT2D eigenvalue weighted by Crippen LogP contribution is -2.40. The first-order valence-electron chi connectivity index (χ1n) is 10.4. The van der Waals surface area contributed by atoms with E-state index in [0.29, 0.717) is 5.56 Å². The van der Waals surface area contributed by atoms with Crippen LogP contribution in [0.3, 0.4) is 0 Å². The molecule has 6 nitrogen and oxygen atoms in total. The fourth-order valence-corrected chi connectivity index (χ4v) is 3.82. The van der Waals surface area contributed by atoms with E-state index in [1.54, 1.807) is 19.2 Å². The van der Waals surface area contributed by atoms with E-state index in [-0.39, 0.29) is 5.91 Å². The molecule has 3 rings (SSSR count). The van der Waals surface area contributed by atoms with Gasteiger partial charge in [-0.3, -0.25) is 4.79 Å². The van der Waals surface area contributed by atoms with Crippen LogP contribution in [0.4, 0.5) is 5.82 Å². The normalized spacial score (nSPS) is 19.7. The smallest absolute Gasteiger partial charge is 0.340 e. The summed E-state index contributed by atoms with van der Waals surface area (Å²) in [6.07, 6.45) is 10.1. The van der Waals surface area contributed by atoms with Crippen molar-refractivity contribution in [3.05, 3.63) is 23.9 Å². The molecule has 148 valence electrons. The van der Waals surface area contributed by atoms with Crippen LogP contribution in [0.15, 0.2) is 18.3 Å². The zero-order chi connectivity index (χ0) is 19.1. The molecule has 0 spiro atoms. The minimum Gasteiger partial charge on any atom is -0.449 e. The standard InChI is InChI=1S/C21H31N3O3/c1-17(20(25)24-14-8-4-5-9-15-24)27-21(26)18-10-11-19(22-16-18)23-12-6-2-3-7-13-23/h10-11,16-17H,2-9,12-15H2,1H3/t17-/m0/s1. The number of esters is 1. The van der Waals surface area contributed by atoms with E-state index in [4.69, 9.17) is 4.74 Å². The quantitative estimate of drug-likeness (QED) is 0.757. The third-order valence-corrected chi connectivity index (χ3v) is 5.46. The molecule has 0 bridgehead atoms. The molecule has 1 aromatic heterocycles. The van der Waals surface area contributed by atoms with Crippen molar-refractivity contribution in [3.63, 3.8) is 0 Å². The van der Waals surface area contributed by atoms with Gasteiger partial charge >= 0.3 is 5.97 Å². The second kappa shape index (κ2) is 9.72. The maximum Gasteiger partial charge on any atom is 0.340 e. The van der Waals surface area contributed by atoms with Gasteiger partial charge in [0.15, 0.2) is 6.10 Å². The molecule has 0 saturated carbocycles. The van der Waals surface area contributed by atoms with Crippen LogP contribution in [0.25, 0.3) is 0 Å². The average Bonchev–Trinajstić information content (AvgIpc) is 3.12. The average molecular weight is 373 g/mol. The number of pyridine rings is 1. The van der Waals surface area contributed by atoms with Gasteiger partial charge < -0.3 is 14.5 Å². The van der Waals surface area contributed by atoms with Gasteiger partial charge in [-0.2, -0.15) is 0 Å². The highest BCUT2D eigenvalue weighted by molar-refractivity contribution is 5.92. The summed E-state index contributed by atoms with van der Waals surface area (Å²) in [5.41, 5.74) is 0.393. The lowest BCUT2D eigenvalue weighted by molar-refractivity contribution is -0.139. The van der Waals surface area contributed by atoms with E-state index in [2.05, 4.69) is 9.88 Å². The molecule has 2 aliphatic heterocycles. The second-order valence-corrected chi connectivity index (χ2v) is 7.59. The van der Waals surface area contributed by atoms with Crippen molar-refractivity contribution in [3.8, 4) is 0 Å². The van der Waals surface area contributed by atoms with Crippen molar-refractivity contribution >= 4 is 17.7 Å². The Bertz CT molecular complexity index is 616. The van der Waals surface area contributed by atoms with Crippen molar-refractivity contribution in [1.82, 2.24) is 9.88 Å². The monoisotopic (exact) mass is 373 g/mol. The Hall–Kier alpha value is -2.11. The summed E-state index contributed by atoms with van der Waals surface area (Å²) < 4.78 is 5.41. The molecule has 2 saturated heterocycles. The number of nitrogens with zero attached hydrogens (tertiary/aromatic N) is 3. The van der Waals surface area contributed by atoms with Gasteiger partial charge in [-0.1, -0.05) is 25.7 Å². The van der Waals surface area contributed by atoms with E-state index in [1.165, 1.54) is 25.7 Å². The molecule has 0 aromatic carbocycles. The van der Waals surface area contributed by atoms with Gasteiger partial charge in [0.2, 0.25) is 0 Å². The fraction of sp³-hybridized carbons (Fsp3) is 0.667. The molecule has 0 aliphatic carbocycles. The highest BCUT2D eigenvalue weighted by Gasteiger charge is 2.25. The topological polar surface area (TPSA) is 62.7 Å². The van der Waals surface area contributed by atoms with E-state index >= 15 is 0 Å². The van der Waals surface area contributed by atoms with E-state index in [1.807, 2.05) is 11.0 Å². The van der Waals surface area contributed by atoms with E-state index < -0.39 is 12.1 Å². The first kappa shape index (κ1) is 19.6. The number of anilines is 1. The number of ether oxygens (including phenoxy) is 1. The summed E-state index contributed by atoms with van der Waals surface area (Å²) in [6.45, 7) is 5.19. The van der Waals surface area contributed by atoms with Gasteiger partial charge in [-0.15, -0.1) is 0 Å². The summed E-state index contributed by atoms with van der Waals surface area (Å²) in [6, 6.07) is 3.63. The predicted molar refractivity (Wildman–Crippen MR) is 105 cm³/mol. The van der Waals surface area contributed by atoms with Crippen LogP contribution in [0, 0.1) is 0 Å². The molecular formula is C21H31N3O3. The number of hydrogen-bond donors (Lipinski definition) is 0. The summed E-state index contributed by atoms with van der Waals surface area (Å²) in [5, 5.41) is 0. The molecule has 6 heteroatoms. The fourth-order valence-electron chi connectivity index (χ4n) is 3.82. The lowest BCUT2D eigenvalue weighted by atomic mass is 10.2. The molecule has 2 aliphatic rings. The number of hydrogen-bond acceptors (Lipinski definition) is 5. The van der Waals surface area contributed by atoms with E-state index in [9.17, 15) is 9.59 Å². The summed E-state index contributed by atoms with van der Waals surface area (Å²) in [7, 11) is 0. The van der Waals surface area contributed by atoms with Crippen LogP contribution in [0.5, 0.6) is 0 Å². The Balaban J connectivity index is 1.56. The van der Waals surface area contributed by atoms with Gasteiger partial charge in [-0.25, -0.2) is 9.78 Å². The number of carbonyl (C=O) groups excluding carboxylic acids is 2. The molecule has 27 heavy (non-hydrogen) atoms. The summed E-state index contributed by atoms with van der Waals surface area (Å²) >= 11 is 0. The van der Waals surface area contributed by atoms with Crippen LogP contribution in [-0.4, -0.2) is 54.0 Å². The number of amides is 1. The number of rotatable bonds is 4. The SMILES string of the molecule is C[C@H](OC(=O)c1ccc(N2CCCCCC2)nc1)C(=O)N1CCCCCC1. The molecule has 0 unspecified atom stereocenters. The largest absolute Gasteiger partial charge is 0.449 e. The molecule has 3 heterocycles. The Morgan fingerprint density at radius 2 is 1.52 bits per heavy atom. The minimum absolute atomic E-state index is 0.0978. The molecule has 0 radical (unpaired) electrons. The molecule has 0 N–H and O–H groups in total. The zero-order valence-electron chi connectivity index (χ0n) is 16.4. The Labute approximate surface area is 161 Å². The zero-order valence-corrected chi connectivity index (χ0v) is 16.4. The van der Waals surface area contributed by atoms with Crippen LogP contribution in [-0.2, 0) is 9.53 Å². The Morgan fingerprint density at radius 1 is 0.926 bits per heavy atom. The van der Waals surface area contributed by atoms with Crippen LogP contribution in [0.2, 0.25) is 0 Å². The maximum absolute atomic E-state index is 12.5. The third kappa shape index (κ3) is 5.44. The lowest BCUT2D eigenvalue weighted by Gasteiger charge is -2.24. The van der Waals surface area contributed by atoms with Gasteiger partial charge in [0.05, 0.1) is 5.56 Å². The Morgan fingerprint density at radius 3 is 2.07 bits per heavy atom. The van der Waals surface area contributed by atoms with Crippen LogP contribution in [0.1, 0.15) is 68.6 Å². The van der Waals surface area contributed by atoms with Crippen molar-refractivity contribution in [2.75, 3.05) is 31.1 Å². The number of likely N-dealkylation sites (tertiary alicyclic amines) is 1. The minimum atomic E-state index is -0.763. The second-order valence-electron chi connectivity index (χ2n) is 7.59. The van der Waals surface area contributed by atoms with Gasteiger partial charge in [0, 0.05) is 32.4 Å². The molecule has 1 aromatic rings. The molecule has 1 atom stereocenters. The third-order valence-electron chi connectivity index (χ3n) is 5.46. The van der Waals surface area contributed by atoms with Gasteiger partial charge in [0.25, 0.3) is 5.91 Å². The number of aromatic nitrogens is 1. The van der Waals surface area contributed by atoms with Crippen molar-refractivity contribution in [2.24, 2.45) is 0 Å². The molecular weight excluding hydrogens is 342 g/mol. The first-order chi connectivity index (χ1) is 13.1. The van der Waals surface area contributed by atoms with Crippen LogP contribution < -0.4 is 4.90 Å². The number of carbonyl (C=O) groups is 2. The van der Waals surface area contributed by atoms with E-state index in [0.717, 1.165) is 57.7 Å². The molecule has 1 amide bonds. The summed E-state index contributed by atoms with van der Waals surface area (Å²) in [4.78, 5) is 33.5.